The second kappa shape index (κ2) is 9.73. The zero-order chi connectivity index (χ0) is 21.7. The minimum atomic E-state index is -0.631. The number of aliphatic hydroxyl groups excluding tert-OH is 1. The molecule has 2 aromatic rings. The molecule has 1 aliphatic heterocycles. The third-order valence-electron chi connectivity index (χ3n) is 5.42. The van der Waals surface area contributed by atoms with Crippen LogP contribution in [0, 0.1) is 0 Å². The molecule has 0 spiro atoms. The van der Waals surface area contributed by atoms with Crippen molar-refractivity contribution in [2.24, 2.45) is 5.73 Å². The highest BCUT2D eigenvalue weighted by atomic mass is 16.6. The molecule has 3 atom stereocenters. The summed E-state index contributed by atoms with van der Waals surface area (Å²) in [6.07, 6.45) is 1.91. The maximum atomic E-state index is 12.5. The lowest BCUT2D eigenvalue weighted by atomic mass is 9.98. The Morgan fingerprint density at radius 3 is 2.40 bits per heavy atom. The largest absolute Gasteiger partial charge is 0.459 e. The number of ether oxygens (including phenoxy) is 1. The highest BCUT2D eigenvalue weighted by Gasteiger charge is 2.34. The first-order valence-electron chi connectivity index (χ1n) is 10.8. The Hall–Kier alpha value is -2.21. The van der Waals surface area contributed by atoms with Gasteiger partial charge in [-0.2, -0.15) is 0 Å². The molecule has 2 aromatic carbocycles. The summed E-state index contributed by atoms with van der Waals surface area (Å²) in [5.41, 5.74) is 8.82. The van der Waals surface area contributed by atoms with Gasteiger partial charge in [-0.15, -0.1) is 0 Å². The Labute approximate surface area is 179 Å². The molecule has 1 unspecified atom stereocenters. The Bertz CT molecular complexity index is 815. The van der Waals surface area contributed by atoms with Gasteiger partial charge in [-0.1, -0.05) is 54.6 Å². The number of nitrogens with zero attached hydrogens (tertiary/aromatic N) is 1. The predicted octanol–water partition coefficient (Wildman–Crippen LogP) is 3.44. The molecule has 162 valence electrons. The van der Waals surface area contributed by atoms with Gasteiger partial charge < -0.3 is 15.6 Å². The van der Waals surface area contributed by atoms with Crippen LogP contribution in [0.3, 0.4) is 0 Å². The quantitative estimate of drug-likeness (QED) is 0.684. The van der Waals surface area contributed by atoms with Crippen LogP contribution in [-0.2, 0) is 16.0 Å². The molecule has 0 aliphatic carbocycles. The molecule has 1 heterocycles. The van der Waals surface area contributed by atoms with Gasteiger partial charge in [0.1, 0.15) is 17.7 Å². The number of hydrogen-bond donors (Lipinski definition) is 2. The Balaban J connectivity index is 1.55. The number of carbonyl (C=O) groups excluding carboxylic acids is 1. The van der Waals surface area contributed by atoms with Crippen molar-refractivity contribution in [2.75, 3.05) is 13.1 Å². The number of likely N-dealkylation sites (tertiary alicyclic amines) is 1. The Morgan fingerprint density at radius 2 is 1.77 bits per heavy atom. The average molecular weight is 411 g/mol. The number of hydrogen-bond acceptors (Lipinski definition) is 5. The number of carbonyl (C=O) groups is 1. The molecule has 1 saturated heterocycles. The highest BCUT2D eigenvalue weighted by Crippen LogP contribution is 2.23. The molecule has 1 fully saturated rings. The number of aliphatic hydroxyl groups is 1. The first-order valence-corrected chi connectivity index (χ1v) is 10.8. The summed E-state index contributed by atoms with van der Waals surface area (Å²) >= 11 is 0. The lowest BCUT2D eigenvalue weighted by Gasteiger charge is -2.29. The highest BCUT2D eigenvalue weighted by molar-refractivity contribution is 5.76. The summed E-state index contributed by atoms with van der Waals surface area (Å²) in [5, 5.41) is 10.5. The SMILES string of the molecule is CC(C)(C)OC(=O)[C@@H]1CCCN1C[C@@H](N)Cc1ccc(C(O)c2ccccc2)cc1. The number of esters is 1. The van der Waals surface area contributed by atoms with E-state index in [1.807, 2.05) is 75.4 Å². The topological polar surface area (TPSA) is 75.8 Å². The van der Waals surface area contributed by atoms with Gasteiger partial charge in [0.25, 0.3) is 0 Å². The van der Waals surface area contributed by atoms with Crippen LogP contribution >= 0.6 is 0 Å². The van der Waals surface area contributed by atoms with Crippen molar-refractivity contribution in [3.63, 3.8) is 0 Å². The van der Waals surface area contributed by atoms with E-state index in [0.29, 0.717) is 6.54 Å². The first-order chi connectivity index (χ1) is 14.2. The van der Waals surface area contributed by atoms with Gasteiger partial charge in [0, 0.05) is 12.6 Å². The van der Waals surface area contributed by atoms with Crippen LogP contribution < -0.4 is 5.73 Å². The van der Waals surface area contributed by atoms with Crippen LogP contribution in [0.15, 0.2) is 54.6 Å². The predicted molar refractivity (Wildman–Crippen MR) is 119 cm³/mol. The van der Waals surface area contributed by atoms with Crippen molar-refractivity contribution in [1.29, 1.82) is 0 Å². The van der Waals surface area contributed by atoms with E-state index in [1.165, 1.54) is 0 Å². The summed E-state index contributed by atoms with van der Waals surface area (Å²) in [7, 11) is 0. The van der Waals surface area contributed by atoms with Gasteiger partial charge in [0.15, 0.2) is 0 Å². The fourth-order valence-electron chi connectivity index (χ4n) is 4.01. The van der Waals surface area contributed by atoms with E-state index in [0.717, 1.165) is 42.5 Å². The fourth-order valence-corrected chi connectivity index (χ4v) is 4.01. The van der Waals surface area contributed by atoms with E-state index in [9.17, 15) is 9.90 Å². The van der Waals surface area contributed by atoms with Gasteiger partial charge in [-0.05, 0) is 63.3 Å². The van der Waals surface area contributed by atoms with Gasteiger partial charge in [-0.3, -0.25) is 9.69 Å². The van der Waals surface area contributed by atoms with Crippen LogP contribution in [-0.4, -0.2) is 46.7 Å². The Kier molecular flexibility index (Phi) is 7.29. The monoisotopic (exact) mass is 410 g/mol. The molecule has 5 heteroatoms. The van der Waals surface area contributed by atoms with E-state index in [2.05, 4.69) is 4.90 Å². The number of nitrogens with two attached hydrogens (primary N) is 1. The first kappa shape index (κ1) is 22.5. The Morgan fingerprint density at radius 1 is 1.13 bits per heavy atom. The van der Waals surface area contributed by atoms with Crippen molar-refractivity contribution in [2.45, 2.75) is 63.8 Å². The molecule has 0 saturated carbocycles. The van der Waals surface area contributed by atoms with Gasteiger partial charge >= 0.3 is 5.97 Å². The van der Waals surface area contributed by atoms with Crippen LogP contribution in [0.4, 0.5) is 0 Å². The summed E-state index contributed by atoms with van der Waals surface area (Å²) in [5.74, 6) is -0.147. The van der Waals surface area contributed by atoms with E-state index >= 15 is 0 Å². The minimum absolute atomic E-state index is 0.0714. The molecule has 30 heavy (non-hydrogen) atoms. The molecule has 5 nitrogen and oxygen atoms in total. The summed E-state index contributed by atoms with van der Waals surface area (Å²) < 4.78 is 5.58. The zero-order valence-corrected chi connectivity index (χ0v) is 18.3. The third kappa shape index (κ3) is 6.14. The molecule has 0 radical (unpaired) electrons. The minimum Gasteiger partial charge on any atom is -0.459 e. The second-order valence-electron chi connectivity index (χ2n) is 9.21. The molecule has 1 aliphatic rings. The molecule has 0 aromatic heterocycles. The second-order valence-corrected chi connectivity index (χ2v) is 9.21. The molecule has 3 rings (SSSR count). The summed E-state index contributed by atoms with van der Waals surface area (Å²) in [4.78, 5) is 14.7. The number of rotatable bonds is 7. The van der Waals surface area contributed by atoms with E-state index < -0.39 is 11.7 Å². The van der Waals surface area contributed by atoms with Crippen LogP contribution in [0.25, 0.3) is 0 Å². The molecular weight excluding hydrogens is 376 g/mol. The van der Waals surface area contributed by atoms with Crippen molar-refractivity contribution >= 4 is 5.97 Å². The van der Waals surface area contributed by atoms with Crippen LogP contribution in [0.2, 0.25) is 0 Å². The smallest absolute Gasteiger partial charge is 0.323 e. The van der Waals surface area contributed by atoms with Crippen molar-refractivity contribution in [3.8, 4) is 0 Å². The molecule has 3 N–H and O–H groups in total. The van der Waals surface area contributed by atoms with Gasteiger partial charge in [-0.25, -0.2) is 0 Å². The van der Waals surface area contributed by atoms with Crippen molar-refractivity contribution < 1.29 is 14.6 Å². The normalized spacial score (nSPS) is 19.4. The van der Waals surface area contributed by atoms with Gasteiger partial charge in [0.05, 0.1) is 0 Å². The third-order valence-corrected chi connectivity index (χ3v) is 5.42. The summed E-state index contributed by atoms with van der Waals surface area (Å²) in [6, 6.07) is 17.3. The average Bonchev–Trinajstić information content (AvgIpc) is 3.15. The van der Waals surface area contributed by atoms with Crippen LogP contribution in [0.5, 0.6) is 0 Å². The van der Waals surface area contributed by atoms with Crippen molar-refractivity contribution in [1.82, 2.24) is 4.90 Å². The molecule has 0 amide bonds. The molecule has 0 bridgehead atoms. The number of benzene rings is 2. The maximum absolute atomic E-state index is 12.5. The van der Waals surface area contributed by atoms with E-state index in [-0.39, 0.29) is 18.1 Å². The lowest BCUT2D eigenvalue weighted by Crippen LogP contribution is -2.46. The standard InChI is InChI=1S/C25H34N2O3/c1-25(2,3)30-24(29)22-10-7-15-27(22)17-21(26)16-18-11-13-20(14-12-18)23(28)19-8-5-4-6-9-19/h4-6,8-9,11-14,21-23,28H,7,10,15-17,26H2,1-3H3/t21-,22-,23?/m0/s1. The zero-order valence-electron chi connectivity index (χ0n) is 18.3. The lowest BCUT2D eigenvalue weighted by molar-refractivity contribution is -0.160. The maximum Gasteiger partial charge on any atom is 0.323 e. The van der Waals surface area contributed by atoms with Crippen molar-refractivity contribution in [3.05, 3.63) is 71.3 Å². The molecular formula is C25H34N2O3. The van der Waals surface area contributed by atoms with Crippen LogP contribution in [0.1, 0.15) is 56.4 Å². The van der Waals surface area contributed by atoms with E-state index in [4.69, 9.17) is 10.5 Å². The fraction of sp³-hybridized carbons (Fsp3) is 0.480. The summed E-state index contributed by atoms with van der Waals surface area (Å²) in [6.45, 7) is 7.23. The van der Waals surface area contributed by atoms with E-state index in [1.54, 1.807) is 0 Å². The van der Waals surface area contributed by atoms with Gasteiger partial charge in [0.2, 0.25) is 0 Å².